The lowest BCUT2D eigenvalue weighted by molar-refractivity contribution is 0.0526. The van der Waals surface area contributed by atoms with Crippen molar-refractivity contribution in [3.05, 3.63) is 48.4 Å². The van der Waals surface area contributed by atoms with Crippen molar-refractivity contribution < 1.29 is 9.53 Å². The summed E-state index contributed by atoms with van der Waals surface area (Å²) in [5.74, 6) is 0.315. The van der Waals surface area contributed by atoms with Gasteiger partial charge in [0.15, 0.2) is 0 Å². The van der Waals surface area contributed by atoms with Gasteiger partial charge in [0.25, 0.3) is 0 Å². The third-order valence-electron chi connectivity index (χ3n) is 2.19. The van der Waals surface area contributed by atoms with Gasteiger partial charge in [-0.25, -0.2) is 9.78 Å². The highest BCUT2D eigenvalue weighted by Crippen LogP contribution is 2.14. The van der Waals surface area contributed by atoms with Crippen molar-refractivity contribution in [2.75, 3.05) is 11.9 Å². The van der Waals surface area contributed by atoms with E-state index < -0.39 is 0 Å². The molecule has 0 fully saturated rings. The number of carbonyl (C=O) groups excluding carboxylic acids is 1. The largest absolute Gasteiger partial charge is 0.462 e. The van der Waals surface area contributed by atoms with E-state index in [1.807, 2.05) is 18.2 Å². The van der Waals surface area contributed by atoms with E-state index in [-0.39, 0.29) is 5.97 Å². The second-order valence-electron chi connectivity index (χ2n) is 3.52. The van der Waals surface area contributed by atoms with E-state index >= 15 is 0 Å². The van der Waals surface area contributed by atoms with Crippen molar-refractivity contribution in [2.24, 2.45) is 0 Å². The van der Waals surface area contributed by atoms with E-state index in [1.54, 1.807) is 25.4 Å². The minimum Gasteiger partial charge on any atom is -0.462 e. The number of carbonyl (C=O) groups is 1. The van der Waals surface area contributed by atoms with E-state index in [1.165, 1.54) is 6.20 Å². The molecule has 0 aliphatic heterocycles. The lowest BCUT2D eigenvalue weighted by atomic mass is 10.2. The molecule has 2 heterocycles. The molecule has 0 atom stereocenters. The number of hydrogen-bond donors (Lipinski definition) is 1. The van der Waals surface area contributed by atoms with Gasteiger partial charge in [0, 0.05) is 12.4 Å². The van der Waals surface area contributed by atoms with Crippen LogP contribution in [0.2, 0.25) is 0 Å². The lowest BCUT2D eigenvalue weighted by Gasteiger charge is -2.06. The second kappa shape index (κ2) is 5.77. The van der Waals surface area contributed by atoms with Crippen LogP contribution in [0.1, 0.15) is 17.3 Å². The Labute approximate surface area is 105 Å². The molecule has 0 unspecified atom stereocenters. The van der Waals surface area contributed by atoms with Gasteiger partial charge >= 0.3 is 5.97 Å². The molecule has 0 saturated heterocycles. The third-order valence-corrected chi connectivity index (χ3v) is 2.19. The number of anilines is 2. The first-order valence-corrected chi connectivity index (χ1v) is 5.60. The maximum absolute atomic E-state index is 11.5. The number of pyridine rings is 2. The van der Waals surface area contributed by atoms with Crippen molar-refractivity contribution in [1.82, 2.24) is 9.97 Å². The number of aromatic nitrogens is 2. The summed E-state index contributed by atoms with van der Waals surface area (Å²) in [4.78, 5) is 19.7. The van der Waals surface area contributed by atoms with Gasteiger partial charge in [0.2, 0.25) is 0 Å². The van der Waals surface area contributed by atoms with Gasteiger partial charge in [-0.05, 0) is 25.1 Å². The summed E-state index contributed by atoms with van der Waals surface area (Å²) in [5, 5.41) is 3.06. The number of hydrogen-bond acceptors (Lipinski definition) is 5. The molecule has 0 aliphatic rings. The summed E-state index contributed by atoms with van der Waals surface area (Å²) >= 11 is 0. The second-order valence-corrected chi connectivity index (χ2v) is 3.52. The van der Waals surface area contributed by atoms with Crippen molar-refractivity contribution in [1.29, 1.82) is 0 Å². The Bertz CT molecular complexity index is 529. The molecular formula is C13H13N3O2. The van der Waals surface area contributed by atoms with E-state index in [4.69, 9.17) is 4.74 Å². The normalized spacial score (nSPS) is 9.83. The summed E-state index contributed by atoms with van der Waals surface area (Å²) in [6, 6.07) is 7.22. The molecule has 1 N–H and O–H groups in total. The monoisotopic (exact) mass is 243 g/mol. The molecule has 0 radical (unpaired) electrons. The zero-order valence-electron chi connectivity index (χ0n) is 9.96. The van der Waals surface area contributed by atoms with Crippen molar-refractivity contribution in [3.8, 4) is 0 Å². The first kappa shape index (κ1) is 12.0. The SMILES string of the molecule is CCOC(=O)c1cncc(Nc2ccccn2)c1. The standard InChI is InChI=1S/C13H13N3O2/c1-2-18-13(17)10-7-11(9-14-8-10)16-12-5-3-4-6-15-12/h3-9H,2H2,1H3,(H,15,16). The van der Waals surface area contributed by atoms with Gasteiger partial charge in [-0.3, -0.25) is 4.98 Å². The maximum atomic E-state index is 11.5. The number of nitrogens with zero attached hydrogens (tertiary/aromatic N) is 2. The molecule has 2 aromatic rings. The molecule has 0 spiro atoms. The van der Waals surface area contributed by atoms with Gasteiger partial charge < -0.3 is 10.1 Å². The topological polar surface area (TPSA) is 64.1 Å². The molecule has 0 saturated carbocycles. The molecule has 2 rings (SSSR count). The zero-order chi connectivity index (χ0) is 12.8. The average Bonchev–Trinajstić information content (AvgIpc) is 2.40. The number of esters is 1. The van der Waals surface area contributed by atoms with Crippen LogP contribution in [0.5, 0.6) is 0 Å². The number of ether oxygens (including phenoxy) is 1. The van der Waals surface area contributed by atoms with Crippen molar-refractivity contribution in [2.45, 2.75) is 6.92 Å². The first-order chi connectivity index (χ1) is 8.79. The summed E-state index contributed by atoms with van der Waals surface area (Å²) in [6.45, 7) is 2.11. The third kappa shape index (κ3) is 3.04. The summed E-state index contributed by atoms with van der Waals surface area (Å²) < 4.78 is 4.91. The quantitative estimate of drug-likeness (QED) is 0.835. The Morgan fingerprint density at radius 3 is 3.00 bits per heavy atom. The van der Waals surface area contributed by atoms with Gasteiger partial charge in [0.05, 0.1) is 24.1 Å². The van der Waals surface area contributed by atoms with Gasteiger partial charge in [-0.1, -0.05) is 6.07 Å². The lowest BCUT2D eigenvalue weighted by Crippen LogP contribution is -2.05. The summed E-state index contributed by atoms with van der Waals surface area (Å²) in [6.07, 6.45) is 4.78. The van der Waals surface area contributed by atoms with Gasteiger partial charge in [0.1, 0.15) is 5.82 Å². The average molecular weight is 243 g/mol. The number of nitrogens with one attached hydrogen (secondary N) is 1. The zero-order valence-corrected chi connectivity index (χ0v) is 9.96. The van der Waals surface area contributed by atoms with Crippen LogP contribution in [-0.4, -0.2) is 22.5 Å². The summed E-state index contributed by atoms with van der Waals surface area (Å²) in [7, 11) is 0. The van der Waals surface area contributed by atoms with E-state index in [0.29, 0.717) is 23.7 Å². The molecule has 0 amide bonds. The fourth-order valence-corrected chi connectivity index (χ4v) is 1.42. The number of rotatable bonds is 4. The van der Waals surface area contributed by atoms with Crippen LogP contribution in [0.4, 0.5) is 11.5 Å². The van der Waals surface area contributed by atoms with E-state index in [2.05, 4.69) is 15.3 Å². The van der Waals surface area contributed by atoms with Crippen LogP contribution in [0.25, 0.3) is 0 Å². The smallest absolute Gasteiger partial charge is 0.339 e. The highest BCUT2D eigenvalue weighted by atomic mass is 16.5. The van der Waals surface area contributed by atoms with E-state index in [0.717, 1.165) is 0 Å². The van der Waals surface area contributed by atoms with Crippen molar-refractivity contribution in [3.63, 3.8) is 0 Å². The predicted molar refractivity (Wildman–Crippen MR) is 67.7 cm³/mol. The Morgan fingerprint density at radius 1 is 1.39 bits per heavy atom. The Balaban J connectivity index is 2.15. The van der Waals surface area contributed by atoms with Crippen LogP contribution >= 0.6 is 0 Å². The molecule has 92 valence electrons. The highest BCUT2D eigenvalue weighted by Gasteiger charge is 2.07. The molecule has 2 aromatic heterocycles. The predicted octanol–water partition coefficient (Wildman–Crippen LogP) is 2.40. The van der Waals surface area contributed by atoms with Crippen LogP contribution in [0, 0.1) is 0 Å². The fourth-order valence-electron chi connectivity index (χ4n) is 1.42. The van der Waals surface area contributed by atoms with Gasteiger partial charge in [-0.15, -0.1) is 0 Å². The first-order valence-electron chi connectivity index (χ1n) is 5.60. The fraction of sp³-hybridized carbons (Fsp3) is 0.154. The van der Waals surface area contributed by atoms with Crippen LogP contribution in [0.3, 0.4) is 0 Å². The van der Waals surface area contributed by atoms with Crippen molar-refractivity contribution >= 4 is 17.5 Å². The molecule has 5 nitrogen and oxygen atoms in total. The van der Waals surface area contributed by atoms with E-state index in [9.17, 15) is 4.79 Å². The highest BCUT2D eigenvalue weighted by molar-refractivity contribution is 5.90. The molecule has 18 heavy (non-hydrogen) atoms. The molecule has 0 aliphatic carbocycles. The Kier molecular flexibility index (Phi) is 3.86. The maximum Gasteiger partial charge on any atom is 0.339 e. The Hall–Kier alpha value is -2.43. The molecular weight excluding hydrogens is 230 g/mol. The van der Waals surface area contributed by atoms with Crippen LogP contribution in [-0.2, 0) is 4.74 Å². The minimum absolute atomic E-state index is 0.344. The minimum atomic E-state index is -0.380. The molecule has 0 bridgehead atoms. The van der Waals surface area contributed by atoms with Gasteiger partial charge in [-0.2, -0.15) is 0 Å². The summed E-state index contributed by atoms with van der Waals surface area (Å²) in [5.41, 5.74) is 1.11. The molecule has 0 aromatic carbocycles. The van der Waals surface area contributed by atoms with Crippen LogP contribution < -0.4 is 5.32 Å². The van der Waals surface area contributed by atoms with Crippen LogP contribution in [0.15, 0.2) is 42.9 Å². The Morgan fingerprint density at radius 2 is 2.28 bits per heavy atom. The molecule has 5 heteroatoms.